The van der Waals surface area contributed by atoms with Gasteiger partial charge in [0.2, 0.25) is 11.8 Å². The van der Waals surface area contributed by atoms with Gasteiger partial charge in [-0.15, -0.1) is 11.8 Å². The number of thioether (sulfide) groups is 1. The van der Waals surface area contributed by atoms with Gasteiger partial charge in [-0.1, -0.05) is 18.2 Å². The summed E-state index contributed by atoms with van der Waals surface area (Å²) in [5.74, 6) is 0.944. The molecule has 0 bridgehead atoms. The lowest BCUT2D eigenvalue weighted by Crippen LogP contribution is -2.61. The lowest BCUT2D eigenvalue weighted by molar-refractivity contribution is -0.131. The zero-order valence-corrected chi connectivity index (χ0v) is 17.2. The molecular formula is C19H25N7O2S. The highest BCUT2D eigenvalue weighted by Crippen LogP contribution is 2.23. The fourth-order valence-corrected chi connectivity index (χ4v) is 4.43. The summed E-state index contributed by atoms with van der Waals surface area (Å²) in [7, 11) is 1.90. The Morgan fingerprint density at radius 2 is 2.14 bits per heavy atom. The first-order chi connectivity index (χ1) is 14.0. The van der Waals surface area contributed by atoms with Crippen molar-refractivity contribution in [3.05, 3.63) is 42.1 Å². The SMILES string of the molecule is Cc1cc(NC(=O)CCSc2ccccc2)n(C2NC(=O)C3CNN(C)C3N2)n1. The largest absolute Gasteiger partial charge is 0.321 e. The van der Waals surface area contributed by atoms with Gasteiger partial charge >= 0.3 is 0 Å². The van der Waals surface area contributed by atoms with Crippen molar-refractivity contribution in [1.82, 2.24) is 30.8 Å². The molecule has 3 heterocycles. The predicted molar refractivity (Wildman–Crippen MR) is 111 cm³/mol. The van der Waals surface area contributed by atoms with Crippen LogP contribution in [0.2, 0.25) is 0 Å². The van der Waals surface area contributed by atoms with E-state index in [9.17, 15) is 9.59 Å². The highest BCUT2D eigenvalue weighted by Gasteiger charge is 2.43. The van der Waals surface area contributed by atoms with Crippen molar-refractivity contribution in [2.75, 3.05) is 24.7 Å². The summed E-state index contributed by atoms with van der Waals surface area (Å²) in [5.41, 5.74) is 3.92. The Bertz CT molecular complexity index is 888. The Morgan fingerprint density at radius 3 is 2.93 bits per heavy atom. The van der Waals surface area contributed by atoms with Crippen molar-refractivity contribution in [3.8, 4) is 0 Å². The number of hydrazine groups is 1. The van der Waals surface area contributed by atoms with Crippen molar-refractivity contribution < 1.29 is 9.59 Å². The van der Waals surface area contributed by atoms with Crippen LogP contribution in [0, 0.1) is 12.8 Å². The molecule has 2 aliphatic heterocycles. The van der Waals surface area contributed by atoms with Crippen molar-refractivity contribution in [3.63, 3.8) is 0 Å². The van der Waals surface area contributed by atoms with Gasteiger partial charge < -0.3 is 10.6 Å². The zero-order chi connectivity index (χ0) is 20.4. The number of amides is 2. The molecule has 10 heteroatoms. The van der Waals surface area contributed by atoms with Gasteiger partial charge in [0, 0.05) is 36.7 Å². The molecule has 2 fully saturated rings. The van der Waals surface area contributed by atoms with Crippen LogP contribution in [0.25, 0.3) is 0 Å². The Morgan fingerprint density at radius 1 is 1.34 bits per heavy atom. The van der Waals surface area contributed by atoms with Gasteiger partial charge in [0.1, 0.15) is 5.82 Å². The van der Waals surface area contributed by atoms with E-state index < -0.39 is 6.29 Å². The highest BCUT2D eigenvalue weighted by atomic mass is 32.2. The number of hydrogen-bond acceptors (Lipinski definition) is 7. The minimum atomic E-state index is -0.534. The van der Waals surface area contributed by atoms with Crippen LogP contribution in [0.1, 0.15) is 18.4 Å². The first kappa shape index (κ1) is 19.9. The quantitative estimate of drug-likeness (QED) is 0.520. The van der Waals surface area contributed by atoms with Crippen LogP contribution < -0.4 is 21.4 Å². The van der Waals surface area contributed by atoms with Crippen LogP contribution in [0.4, 0.5) is 5.82 Å². The molecule has 0 radical (unpaired) electrons. The Balaban J connectivity index is 1.39. The number of nitrogens with one attached hydrogen (secondary N) is 4. The van der Waals surface area contributed by atoms with E-state index in [1.807, 2.05) is 49.3 Å². The Kier molecular flexibility index (Phi) is 5.86. The number of carbonyl (C=O) groups is 2. The second kappa shape index (κ2) is 8.54. The third-order valence-corrected chi connectivity index (χ3v) is 6.03. The van der Waals surface area contributed by atoms with Crippen LogP contribution >= 0.6 is 11.8 Å². The number of benzene rings is 1. The molecule has 1 aromatic heterocycles. The van der Waals surface area contributed by atoms with E-state index in [0.717, 1.165) is 10.6 Å². The molecule has 3 atom stereocenters. The third-order valence-electron chi connectivity index (χ3n) is 5.01. The molecular weight excluding hydrogens is 390 g/mol. The summed E-state index contributed by atoms with van der Waals surface area (Å²) in [4.78, 5) is 26.1. The van der Waals surface area contributed by atoms with Gasteiger partial charge in [0.15, 0.2) is 6.29 Å². The monoisotopic (exact) mass is 415 g/mol. The van der Waals surface area contributed by atoms with Gasteiger partial charge in [-0.25, -0.2) is 9.69 Å². The Hall–Kier alpha value is -2.40. The van der Waals surface area contributed by atoms with Gasteiger partial charge in [0.05, 0.1) is 17.8 Å². The molecule has 0 spiro atoms. The molecule has 9 nitrogen and oxygen atoms in total. The maximum absolute atomic E-state index is 12.5. The summed E-state index contributed by atoms with van der Waals surface area (Å²) in [6, 6.07) is 11.8. The van der Waals surface area contributed by atoms with E-state index >= 15 is 0 Å². The van der Waals surface area contributed by atoms with Crippen molar-refractivity contribution >= 4 is 29.4 Å². The summed E-state index contributed by atoms with van der Waals surface area (Å²) in [6.07, 6.45) is -0.288. The normalized spacial score (nSPS) is 24.2. The van der Waals surface area contributed by atoms with Gasteiger partial charge in [0.25, 0.3) is 0 Å². The molecule has 1 aromatic carbocycles. The van der Waals surface area contributed by atoms with Crippen LogP contribution in [-0.4, -0.2) is 52.1 Å². The molecule has 2 amide bonds. The molecule has 4 N–H and O–H groups in total. The van der Waals surface area contributed by atoms with Gasteiger partial charge in [-0.3, -0.25) is 20.3 Å². The summed E-state index contributed by atoms with van der Waals surface area (Å²) >= 11 is 1.64. The number of fused-ring (bicyclic) bond motifs is 1. The minimum absolute atomic E-state index is 0.0414. The fourth-order valence-electron chi connectivity index (χ4n) is 3.55. The molecule has 154 valence electrons. The maximum atomic E-state index is 12.5. The second-order valence-electron chi connectivity index (χ2n) is 7.18. The van der Waals surface area contributed by atoms with Crippen LogP contribution in [0.5, 0.6) is 0 Å². The fraction of sp³-hybridized carbons (Fsp3) is 0.421. The number of carbonyl (C=O) groups excluding carboxylic acids is 2. The molecule has 0 aliphatic carbocycles. The van der Waals surface area contributed by atoms with Crippen molar-refractivity contribution in [1.29, 1.82) is 0 Å². The smallest absolute Gasteiger partial charge is 0.230 e. The number of anilines is 1. The zero-order valence-electron chi connectivity index (χ0n) is 16.4. The van der Waals surface area contributed by atoms with E-state index in [-0.39, 0.29) is 23.9 Å². The van der Waals surface area contributed by atoms with E-state index in [2.05, 4.69) is 26.5 Å². The molecule has 0 saturated carbocycles. The first-order valence-electron chi connectivity index (χ1n) is 9.58. The number of aromatic nitrogens is 2. The minimum Gasteiger partial charge on any atom is -0.321 e. The van der Waals surface area contributed by atoms with Crippen molar-refractivity contribution in [2.24, 2.45) is 5.92 Å². The topological polar surface area (TPSA) is 103 Å². The standard InChI is InChI=1S/C19H25N7O2S/c1-12-10-15(21-16(27)8-9-29-13-6-4-3-5-7-13)26(24-12)19-22-17-14(18(28)23-19)11-20-25(17)2/h3-7,10,14,17,19-20,22H,8-9,11H2,1-2H3,(H,21,27)(H,23,28). The average molecular weight is 416 g/mol. The number of nitrogens with zero attached hydrogens (tertiary/aromatic N) is 3. The third kappa shape index (κ3) is 4.45. The summed E-state index contributed by atoms with van der Waals surface area (Å²) in [6.45, 7) is 2.45. The van der Waals surface area contributed by atoms with Gasteiger partial charge in [-0.2, -0.15) is 5.10 Å². The molecule has 29 heavy (non-hydrogen) atoms. The number of rotatable bonds is 6. The van der Waals surface area contributed by atoms with Crippen molar-refractivity contribution in [2.45, 2.75) is 30.7 Å². The van der Waals surface area contributed by atoms with E-state index in [4.69, 9.17) is 0 Å². The number of hydrogen-bond donors (Lipinski definition) is 4. The van der Waals surface area contributed by atoms with Crippen LogP contribution in [0.15, 0.2) is 41.3 Å². The summed E-state index contributed by atoms with van der Waals surface area (Å²) < 4.78 is 1.62. The highest BCUT2D eigenvalue weighted by molar-refractivity contribution is 7.99. The predicted octanol–water partition coefficient (Wildman–Crippen LogP) is 0.880. The molecule has 2 aliphatic rings. The average Bonchev–Trinajstić information content (AvgIpc) is 3.25. The molecule has 3 unspecified atom stereocenters. The number of aryl methyl sites for hydroxylation is 1. The van der Waals surface area contributed by atoms with Gasteiger partial charge in [-0.05, 0) is 19.1 Å². The van der Waals surface area contributed by atoms with Crippen LogP contribution in [-0.2, 0) is 9.59 Å². The lowest BCUT2D eigenvalue weighted by Gasteiger charge is -2.35. The first-order valence-corrected chi connectivity index (χ1v) is 10.6. The maximum Gasteiger partial charge on any atom is 0.230 e. The van der Waals surface area contributed by atoms with E-state index in [1.165, 1.54) is 0 Å². The summed E-state index contributed by atoms with van der Waals surface area (Å²) in [5, 5.41) is 15.6. The van der Waals surface area contributed by atoms with E-state index in [1.54, 1.807) is 22.5 Å². The van der Waals surface area contributed by atoms with E-state index in [0.29, 0.717) is 24.5 Å². The Labute approximate surface area is 173 Å². The molecule has 2 aromatic rings. The second-order valence-corrected chi connectivity index (χ2v) is 8.35. The lowest BCUT2D eigenvalue weighted by atomic mass is 10.1. The molecule has 4 rings (SSSR count). The molecule has 2 saturated heterocycles. The van der Waals surface area contributed by atoms with Crippen LogP contribution in [0.3, 0.4) is 0 Å².